The number of hydrogen-bond donors (Lipinski definition) is 1. The summed E-state index contributed by atoms with van der Waals surface area (Å²) in [6.07, 6.45) is 1.90. The Kier molecular flexibility index (Phi) is 6.50. The minimum Gasteiger partial charge on any atom is -0.456 e. The lowest BCUT2D eigenvalue weighted by Gasteiger charge is -2.23. The number of carbonyl (C=O) groups is 1. The molecule has 0 aliphatic rings. The number of anilines is 1. The van der Waals surface area contributed by atoms with Crippen molar-refractivity contribution < 1.29 is 18.3 Å². The predicted octanol–water partition coefficient (Wildman–Crippen LogP) is 6.92. The van der Waals surface area contributed by atoms with Gasteiger partial charge in [-0.25, -0.2) is 9.18 Å². The van der Waals surface area contributed by atoms with E-state index in [4.69, 9.17) is 9.15 Å². The van der Waals surface area contributed by atoms with Crippen LogP contribution in [-0.4, -0.2) is 21.4 Å². The Bertz CT molecular complexity index is 1800. The zero-order chi connectivity index (χ0) is 28.1. The molecule has 0 aliphatic carbocycles. The van der Waals surface area contributed by atoms with E-state index in [-0.39, 0.29) is 16.7 Å². The van der Waals surface area contributed by atoms with E-state index in [1.54, 1.807) is 37.6 Å². The molecule has 8 heteroatoms. The largest absolute Gasteiger partial charge is 0.456 e. The topological polar surface area (TPSA) is 86.4 Å². The molecule has 1 N–H and O–H groups in total. The Hall–Kier alpha value is -4.46. The van der Waals surface area contributed by atoms with Crippen molar-refractivity contribution >= 4 is 33.5 Å². The second-order valence-electron chi connectivity index (χ2n) is 10.8. The van der Waals surface area contributed by atoms with Crippen molar-refractivity contribution in [3.05, 3.63) is 93.5 Å². The standard InChI is InChI=1S/C31H30FN3O4/c1-17-12-21(18(2)33-25-9-7-8-23(32)28(25)30(37)39-31(3,4)5)29-22(13-17)26(36)15-27(38-29)19-10-11-24-20(14-19)16-35(6)34-24/h7-16,18,33H,1-6H3. The van der Waals surface area contributed by atoms with Gasteiger partial charge in [0.1, 0.15) is 28.3 Å². The number of nitrogens with zero attached hydrogens (tertiary/aromatic N) is 2. The Morgan fingerprint density at radius 3 is 2.64 bits per heavy atom. The first kappa shape index (κ1) is 26.2. The fourth-order valence-electron chi connectivity index (χ4n) is 4.69. The highest BCUT2D eigenvalue weighted by Gasteiger charge is 2.25. The summed E-state index contributed by atoms with van der Waals surface area (Å²) < 4.78 is 28.4. The maximum Gasteiger partial charge on any atom is 0.343 e. The van der Waals surface area contributed by atoms with Gasteiger partial charge in [-0.2, -0.15) is 5.10 Å². The molecule has 200 valence electrons. The average molecular weight is 528 g/mol. The summed E-state index contributed by atoms with van der Waals surface area (Å²) in [6, 6.07) is 14.8. The number of hydrogen-bond acceptors (Lipinski definition) is 6. The summed E-state index contributed by atoms with van der Waals surface area (Å²) in [5.41, 5.74) is 2.73. The lowest BCUT2D eigenvalue weighted by atomic mass is 10.00. The van der Waals surface area contributed by atoms with Gasteiger partial charge in [0.15, 0.2) is 5.43 Å². The highest BCUT2D eigenvalue weighted by atomic mass is 19.1. The van der Waals surface area contributed by atoms with E-state index in [0.717, 1.165) is 22.0 Å². The molecule has 7 nitrogen and oxygen atoms in total. The second kappa shape index (κ2) is 9.69. The van der Waals surface area contributed by atoms with Crippen LogP contribution in [0, 0.1) is 12.7 Å². The van der Waals surface area contributed by atoms with Crippen LogP contribution in [0.3, 0.4) is 0 Å². The molecule has 2 heterocycles. The number of halogens is 1. The minimum atomic E-state index is -0.784. The number of aryl methyl sites for hydroxylation is 2. The molecule has 0 saturated carbocycles. The van der Waals surface area contributed by atoms with Crippen molar-refractivity contribution in [2.75, 3.05) is 5.32 Å². The molecular weight excluding hydrogens is 497 g/mol. The Labute approximate surface area is 225 Å². The van der Waals surface area contributed by atoms with Crippen molar-refractivity contribution in [1.29, 1.82) is 0 Å². The number of nitrogens with one attached hydrogen (secondary N) is 1. The molecule has 1 atom stereocenters. The van der Waals surface area contributed by atoms with Crippen LogP contribution in [0.2, 0.25) is 0 Å². The van der Waals surface area contributed by atoms with Crippen LogP contribution in [0.1, 0.15) is 55.2 Å². The molecule has 0 fully saturated rings. The van der Waals surface area contributed by atoms with Gasteiger partial charge >= 0.3 is 5.97 Å². The normalized spacial score (nSPS) is 12.6. The summed E-state index contributed by atoms with van der Waals surface area (Å²) >= 11 is 0. The SMILES string of the molecule is Cc1cc(C(C)Nc2cccc(F)c2C(=O)OC(C)(C)C)c2oc(-c3ccc4nn(C)cc4c3)cc(=O)c2c1. The third-order valence-corrected chi connectivity index (χ3v) is 6.36. The lowest BCUT2D eigenvalue weighted by Crippen LogP contribution is -2.25. The quantitative estimate of drug-likeness (QED) is 0.250. The van der Waals surface area contributed by atoms with E-state index in [1.165, 1.54) is 18.2 Å². The van der Waals surface area contributed by atoms with E-state index >= 15 is 0 Å². The number of esters is 1. The van der Waals surface area contributed by atoms with Gasteiger partial charge in [0, 0.05) is 35.8 Å². The first-order valence-electron chi connectivity index (χ1n) is 12.7. The number of carbonyl (C=O) groups excluding carboxylic acids is 1. The smallest absolute Gasteiger partial charge is 0.343 e. The zero-order valence-corrected chi connectivity index (χ0v) is 22.8. The Balaban J connectivity index is 1.59. The monoisotopic (exact) mass is 527 g/mol. The summed E-state index contributed by atoms with van der Waals surface area (Å²) in [5, 5.41) is 9.02. The first-order valence-corrected chi connectivity index (χ1v) is 12.7. The zero-order valence-electron chi connectivity index (χ0n) is 22.8. The number of rotatable bonds is 5. The van der Waals surface area contributed by atoms with Gasteiger partial charge in [0.2, 0.25) is 0 Å². The van der Waals surface area contributed by atoms with Crippen LogP contribution in [-0.2, 0) is 11.8 Å². The first-order chi connectivity index (χ1) is 18.4. The maximum absolute atomic E-state index is 14.8. The highest BCUT2D eigenvalue weighted by molar-refractivity contribution is 5.96. The van der Waals surface area contributed by atoms with Crippen LogP contribution in [0.4, 0.5) is 10.1 Å². The molecule has 2 aromatic heterocycles. The molecule has 0 radical (unpaired) electrons. The third-order valence-electron chi connectivity index (χ3n) is 6.36. The molecule has 39 heavy (non-hydrogen) atoms. The van der Waals surface area contributed by atoms with Crippen molar-refractivity contribution in [2.45, 2.75) is 46.3 Å². The molecule has 0 aliphatic heterocycles. The molecule has 5 aromatic rings. The summed E-state index contributed by atoms with van der Waals surface area (Å²) in [6.45, 7) is 8.95. The van der Waals surface area contributed by atoms with Gasteiger partial charge in [-0.3, -0.25) is 9.48 Å². The minimum absolute atomic E-state index is 0.171. The number of fused-ring (bicyclic) bond motifs is 2. The number of aromatic nitrogens is 2. The van der Waals surface area contributed by atoms with Crippen LogP contribution in [0.5, 0.6) is 0 Å². The van der Waals surface area contributed by atoms with Crippen molar-refractivity contribution in [1.82, 2.24) is 9.78 Å². The molecule has 5 rings (SSSR count). The van der Waals surface area contributed by atoms with Gasteiger partial charge in [-0.05, 0) is 76.6 Å². The van der Waals surface area contributed by atoms with E-state index < -0.39 is 23.4 Å². The van der Waals surface area contributed by atoms with Gasteiger partial charge < -0.3 is 14.5 Å². The summed E-state index contributed by atoms with van der Waals surface area (Å²) in [4.78, 5) is 26.1. The number of benzene rings is 3. The van der Waals surface area contributed by atoms with Crippen LogP contribution >= 0.6 is 0 Å². The fraction of sp³-hybridized carbons (Fsp3) is 0.258. The van der Waals surface area contributed by atoms with Crippen LogP contribution < -0.4 is 10.7 Å². The molecule has 0 saturated heterocycles. The lowest BCUT2D eigenvalue weighted by molar-refractivity contribution is 0.00659. The van der Waals surface area contributed by atoms with E-state index in [2.05, 4.69) is 10.4 Å². The number of ether oxygens (including phenoxy) is 1. The van der Waals surface area contributed by atoms with Crippen LogP contribution in [0.15, 0.2) is 70.0 Å². The molecule has 0 amide bonds. The van der Waals surface area contributed by atoms with Gasteiger partial charge in [-0.1, -0.05) is 12.1 Å². The molecule has 3 aromatic carbocycles. The maximum atomic E-state index is 14.8. The fourth-order valence-corrected chi connectivity index (χ4v) is 4.69. The predicted molar refractivity (Wildman–Crippen MR) is 151 cm³/mol. The van der Waals surface area contributed by atoms with E-state index in [9.17, 15) is 14.0 Å². The highest BCUT2D eigenvalue weighted by Crippen LogP contribution is 2.33. The second-order valence-corrected chi connectivity index (χ2v) is 10.8. The third kappa shape index (κ3) is 5.27. The van der Waals surface area contributed by atoms with Gasteiger partial charge in [0.25, 0.3) is 0 Å². The molecule has 1 unspecified atom stereocenters. The van der Waals surface area contributed by atoms with Gasteiger partial charge in [0.05, 0.1) is 22.6 Å². The molecule has 0 spiro atoms. The van der Waals surface area contributed by atoms with E-state index in [1.807, 2.05) is 51.4 Å². The van der Waals surface area contributed by atoms with E-state index in [0.29, 0.717) is 22.3 Å². The van der Waals surface area contributed by atoms with Crippen molar-refractivity contribution in [3.63, 3.8) is 0 Å². The van der Waals surface area contributed by atoms with Gasteiger partial charge in [-0.15, -0.1) is 0 Å². The summed E-state index contributed by atoms with van der Waals surface area (Å²) in [5.74, 6) is -1.02. The van der Waals surface area contributed by atoms with Crippen LogP contribution in [0.25, 0.3) is 33.2 Å². The summed E-state index contributed by atoms with van der Waals surface area (Å²) in [7, 11) is 1.85. The Morgan fingerprint density at radius 1 is 1.13 bits per heavy atom. The molecular formula is C31H30FN3O4. The Morgan fingerprint density at radius 2 is 1.90 bits per heavy atom. The average Bonchev–Trinajstić information content (AvgIpc) is 3.22. The molecule has 0 bridgehead atoms. The van der Waals surface area contributed by atoms with Crippen molar-refractivity contribution in [2.24, 2.45) is 7.05 Å². The van der Waals surface area contributed by atoms with Crippen molar-refractivity contribution in [3.8, 4) is 11.3 Å².